The van der Waals surface area contributed by atoms with Crippen molar-refractivity contribution in [3.05, 3.63) is 102 Å². The first-order valence-corrected chi connectivity index (χ1v) is 11.7. The van der Waals surface area contributed by atoms with Gasteiger partial charge in [0.1, 0.15) is 11.5 Å². The van der Waals surface area contributed by atoms with Gasteiger partial charge in [-0.3, -0.25) is 10.1 Å². The van der Waals surface area contributed by atoms with E-state index in [2.05, 4.69) is 32.8 Å². The standard InChI is InChI=1S/C28H27N5O3/c1-35-22-15-12-20(13-16-22)24-18-23(19-8-4-3-5-9-19)29-28-31-27(32-33(24)28)30-26(34)17-14-21-10-6-7-11-25(21)36-2/h3-17,23-24H,18H2,1-2H3,(H2,29,30,31,32,34)/b17-14+/t23-,24-/m1/s1. The molecular weight excluding hydrogens is 454 g/mol. The zero-order valence-corrected chi connectivity index (χ0v) is 20.1. The van der Waals surface area contributed by atoms with Crippen LogP contribution in [0.5, 0.6) is 11.5 Å². The number of fused-ring (bicyclic) bond motifs is 1. The minimum absolute atomic E-state index is 0.0454. The summed E-state index contributed by atoms with van der Waals surface area (Å²) in [7, 11) is 3.25. The summed E-state index contributed by atoms with van der Waals surface area (Å²) >= 11 is 0. The van der Waals surface area contributed by atoms with Gasteiger partial charge in [0, 0.05) is 11.6 Å². The van der Waals surface area contributed by atoms with Crippen LogP contribution >= 0.6 is 0 Å². The third-order valence-corrected chi connectivity index (χ3v) is 6.18. The van der Waals surface area contributed by atoms with Gasteiger partial charge in [-0.15, -0.1) is 5.10 Å². The number of nitrogens with zero attached hydrogens (tertiary/aromatic N) is 3. The zero-order valence-electron chi connectivity index (χ0n) is 20.1. The SMILES string of the molecule is COc1ccc([C@H]2C[C@H](c3ccccc3)Nc3nc(NC(=O)/C=C/c4ccccc4OC)nn32)cc1. The maximum atomic E-state index is 12.6. The Morgan fingerprint density at radius 2 is 1.72 bits per heavy atom. The number of anilines is 2. The molecule has 8 heteroatoms. The van der Waals surface area contributed by atoms with Crippen molar-refractivity contribution in [3.8, 4) is 11.5 Å². The summed E-state index contributed by atoms with van der Waals surface area (Å²) in [5.41, 5.74) is 3.05. The van der Waals surface area contributed by atoms with E-state index in [-0.39, 0.29) is 23.9 Å². The Morgan fingerprint density at radius 3 is 2.47 bits per heavy atom. The molecule has 0 unspecified atom stereocenters. The number of rotatable bonds is 7. The number of para-hydroxylation sites is 1. The summed E-state index contributed by atoms with van der Waals surface area (Å²) in [5, 5.41) is 10.9. The van der Waals surface area contributed by atoms with Gasteiger partial charge < -0.3 is 14.8 Å². The van der Waals surface area contributed by atoms with Crippen LogP contribution in [0.3, 0.4) is 0 Å². The first kappa shape index (κ1) is 23.2. The van der Waals surface area contributed by atoms with Gasteiger partial charge in [-0.25, -0.2) is 4.68 Å². The van der Waals surface area contributed by atoms with Crippen molar-refractivity contribution in [2.45, 2.75) is 18.5 Å². The molecule has 0 spiro atoms. The quantitative estimate of drug-likeness (QED) is 0.357. The number of hydrogen-bond donors (Lipinski definition) is 2. The molecular formula is C28H27N5O3. The monoisotopic (exact) mass is 481 g/mol. The van der Waals surface area contributed by atoms with E-state index in [0.717, 1.165) is 28.9 Å². The van der Waals surface area contributed by atoms with Gasteiger partial charge in [0.25, 0.3) is 11.9 Å². The molecule has 1 aliphatic rings. The van der Waals surface area contributed by atoms with Gasteiger partial charge in [0.05, 0.1) is 26.3 Å². The van der Waals surface area contributed by atoms with Crippen molar-refractivity contribution >= 4 is 23.9 Å². The van der Waals surface area contributed by atoms with Gasteiger partial charge >= 0.3 is 0 Å². The minimum atomic E-state index is -0.329. The highest BCUT2D eigenvalue weighted by molar-refractivity contribution is 6.01. The maximum absolute atomic E-state index is 12.6. The van der Waals surface area contributed by atoms with Crippen LogP contribution in [0.2, 0.25) is 0 Å². The number of amides is 1. The first-order chi connectivity index (χ1) is 17.6. The lowest BCUT2D eigenvalue weighted by Gasteiger charge is -2.31. The number of aromatic nitrogens is 3. The van der Waals surface area contributed by atoms with Crippen molar-refractivity contribution in [2.75, 3.05) is 24.9 Å². The lowest BCUT2D eigenvalue weighted by atomic mass is 9.93. The fraction of sp³-hybridized carbons (Fsp3) is 0.179. The van der Waals surface area contributed by atoms with Crippen LogP contribution in [0.25, 0.3) is 6.08 Å². The summed E-state index contributed by atoms with van der Waals surface area (Å²) in [6.45, 7) is 0. The molecule has 5 rings (SSSR count). The average molecular weight is 482 g/mol. The molecule has 1 aromatic heterocycles. The van der Waals surface area contributed by atoms with Crippen LogP contribution in [-0.2, 0) is 4.79 Å². The van der Waals surface area contributed by atoms with E-state index in [0.29, 0.717) is 11.7 Å². The van der Waals surface area contributed by atoms with Gasteiger partial charge in [0.2, 0.25) is 5.95 Å². The molecule has 3 aromatic carbocycles. The smallest absolute Gasteiger partial charge is 0.250 e. The largest absolute Gasteiger partial charge is 0.497 e. The normalized spacial score (nSPS) is 16.7. The van der Waals surface area contributed by atoms with Gasteiger partial charge in [-0.2, -0.15) is 4.98 Å². The molecule has 2 N–H and O–H groups in total. The van der Waals surface area contributed by atoms with E-state index in [4.69, 9.17) is 9.47 Å². The number of methoxy groups -OCH3 is 2. The third kappa shape index (κ3) is 4.93. The predicted molar refractivity (Wildman–Crippen MR) is 139 cm³/mol. The second-order valence-corrected chi connectivity index (χ2v) is 8.40. The number of carbonyl (C=O) groups is 1. The molecule has 8 nitrogen and oxygen atoms in total. The van der Waals surface area contributed by atoms with E-state index in [9.17, 15) is 4.79 Å². The Labute approximate surface area is 209 Å². The Balaban J connectivity index is 1.41. The van der Waals surface area contributed by atoms with E-state index >= 15 is 0 Å². The average Bonchev–Trinajstić information content (AvgIpc) is 3.34. The number of hydrogen-bond acceptors (Lipinski definition) is 6. The molecule has 0 saturated carbocycles. The molecule has 2 heterocycles. The third-order valence-electron chi connectivity index (χ3n) is 6.18. The Bertz CT molecular complexity index is 1370. The van der Waals surface area contributed by atoms with Crippen LogP contribution < -0.4 is 20.1 Å². The summed E-state index contributed by atoms with van der Waals surface area (Å²) < 4.78 is 12.5. The fourth-order valence-electron chi connectivity index (χ4n) is 4.36. The summed E-state index contributed by atoms with van der Waals surface area (Å²) in [4.78, 5) is 17.2. The Kier molecular flexibility index (Phi) is 6.66. The van der Waals surface area contributed by atoms with Gasteiger partial charge in [0.15, 0.2) is 0 Å². The molecule has 1 amide bonds. The molecule has 2 atom stereocenters. The Morgan fingerprint density at radius 1 is 0.972 bits per heavy atom. The number of ether oxygens (including phenoxy) is 2. The van der Waals surface area contributed by atoms with Gasteiger partial charge in [-0.1, -0.05) is 60.7 Å². The molecule has 36 heavy (non-hydrogen) atoms. The van der Waals surface area contributed by atoms with E-state index in [1.165, 1.54) is 6.08 Å². The van der Waals surface area contributed by atoms with Crippen LogP contribution in [0.4, 0.5) is 11.9 Å². The first-order valence-electron chi connectivity index (χ1n) is 11.7. The number of carbonyl (C=O) groups excluding carboxylic acids is 1. The second kappa shape index (κ2) is 10.4. The Hall–Kier alpha value is -4.59. The van der Waals surface area contributed by atoms with E-state index in [1.807, 2.05) is 71.4 Å². The molecule has 1 aliphatic heterocycles. The molecule has 0 radical (unpaired) electrons. The highest BCUT2D eigenvalue weighted by Gasteiger charge is 2.31. The van der Waals surface area contributed by atoms with Crippen LogP contribution in [0, 0.1) is 0 Å². The lowest BCUT2D eigenvalue weighted by molar-refractivity contribution is -0.111. The van der Waals surface area contributed by atoms with Crippen LogP contribution in [-0.4, -0.2) is 34.9 Å². The van der Waals surface area contributed by atoms with E-state index < -0.39 is 0 Å². The molecule has 0 bridgehead atoms. The zero-order chi connectivity index (χ0) is 24.9. The molecule has 0 aliphatic carbocycles. The molecule has 0 saturated heterocycles. The second-order valence-electron chi connectivity index (χ2n) is 8.40. The summed E-state index contributed by atoms with van der Waals surface area (Å²) in [5.74, 6) is 1.99. The van der Waals surface area contributed by atoms with Crippen molar-refractivity contribution in [1.29, 1.82) is 0 Å². The number of nitrogens with one attached hydrogen (secondary N) is 2. The van der Waals surface area contributed by atoms with Crippen LogP contribution in [0.1, 0.15) is 35.2 Å². The van der Waals surface area contributed by atoms with Crippen molar-refractivity contribution in [1.82, 2.24) is 14.8 Å². The maximum Gasteiger partial charge on any atom is 0.250 e. The summed E-state index contributed by atoms with van der Waals surface area (Å²) in [6, 6.07) is 25.7. The van der Waals surface area contributed by atoms with Crippen LogP contribution in [0.15, 0.2) is 84.9 Å². The topological polar surface area (TPSA) is 90.3 Å². The van der Waals surface area contributed by atoms with Crippen molar-refractivity contribution < 1.29 is 14.3 Å². The highest BCUT2D eigenvalue weighted by atomic mass is 16.5. The summed E-state index contributed by atoms with van der Waals surface area (Å²) in [6.07, 6.45) is 3.92. The predicted octanol–water partition coefficient (Wildman–Crippen LogP) is 5.09. The molecule has 4 aromatic rings. The lowest BCUT2D eigenvalue weighted by Crippen LogP contribution is -2.28. The molecule has 0 fully saturated rings. The fourth-order valence-corrected chi connectivity index (χ4v) is 4.36. The van der Waals surface area contributed by atoms with E-state index in [1.54, 1.807) is 20.3 Å². The number of benzene rings is 3. The van der Waals surface area contributed by atoms with Crippen molar-refractivity contribution in [3.63, 3.8) is 0 Å². The highest BCUT2D eigenvalue weighted by Crippen LogP contribution is 2.38. The molecule has 182 valence electrons. The minimum Gasteiger partial charge on any atom is -0.497 e. The van der Waals surface area contributed by atoms with Crippen molar-refractivity contribution in [2.24, 2.45) is 0 Å². The van der Waals surface area contributed by atoms with Gasteiger partial charge in [-0.05, 0) is 41.8 Å².